The van der Waals surface area contributed by atoms with Crippen molar-refractivity contribution in [3.8, 4) is 17.9 Å². The number of hydrogen-bond acceptors (Lipinski definition) is 6. The molecule has 7 heteroatoms. The Morgan fingerprint density at radius 1 is 1.20 bits per heavy atom. The van der Waals surface area contributed by atoms with Gasteiger partial charge in [-0.2, -0.15) is 10.5 Å². The Bertz CT molecular complexity index is 871. The number of carbonyl (C=O) groups excluding carboxylic acids is 2. The highest BCUT2D eigenvalue weighted by Crippen LogP contribution is 2.33. The van der Waals surface area contributed by atoms with Crippen molar-refractivity contribution in [1.29, 1.82) is 10.5 Å². The van der Waals surface area contributed by atoms with Crippen LogP contribution in [0.3, 0.4) is 0 Å². The molecule has 0 unspecified atom stereocenters. The SMILES string of the molecule is CCOc1ccc(/C=C(\C#N)C(=O)O[C@H](C)C(=O)N(C)C2(C#N)CCCCC2)cc1. The van der Waals surface area contributed by atoms with Gasteiger partial charge >= 0.3 is 5.97 Å². The quantitative estimate of drug-likeness (QED) is 0.387. The second-order valence-corrected chi connectivity index (χ2v) is 7.32. The van der Waals surface area contributed by atoms with E-state index in [9.17, 15) is 20.1 Å². The number of benzene rings is 1. The minimum Gasteiger partial charge on any atom is -0.494 e. The molecule has 0 heterocycles. The number of ether oxygens (including phenoxy) is 2. The maximum Gasteiger partial charge on any atom is 0.349 e. The Hall–Kier alpha value is -3.32. The zero-order valence-corrected chi connectivity index (χ0v) is 17.7. The highest BCUT2D eigenvalue weighted by molar-refractivity contribution is 5.99. The van der Waals surface area contributed by atoms with Gasteiger partial charge in [0.1, 0.15) is 22.9 Å². The molecule has 0 spiro atoms. The number of carbonyl (C=O) groups is 2. The summed E-state index contributed by atoms with van der Waals surface area (Å²) in [5, 5.41) is 19.0. The Labute approximate surface area is 177 Å². The molecule has 2 rings (SSSR count). The van der Waals surface area contributed by atoms with Gasteiger partial charge < -0.3 is 14.4 Å². The van der Waals surface area contributed by atoms with Crippen molar-refractivity contribution in [2.24, 2.45) is 0 Å². The van der Waals surface area contributed by atoms with Crippen molar-refractivity contribution >= 4 is 18.0 Å². The summed E-state index contributed by atoms with van der Waals surface area (Å²) in [7, 11) is 1.57. The smallest absolute Gasteiger partial charge is 0.349 e. The molecular weight excluding hydrogens is 382 g/mol. The van der Waals surface area contributed by atoms with E-state index < -0.39 is 23.5 Å². The van der Waals surface area contributed by atoms with E-state index in [1.807, 2.05) is 13.0 Å². The molecule has 0 bridgehead atoms. The van der Waals surface area contributed by atoms with Crippen molar-refractivity contribution in [3.63, 3.8) is 0 Å². The van der Waals surface area contributed by atoms with Gasteiger partial charge in [-0.25, -0.2) is 4.79 Å². The average molecular weight is 409 g/mol. The fourth-order valence-corrected chi connectivity index (χ4v) is 3.55. The van der Waals surface area contributed by atoms with Gasteiger partial charge in [0.15, 0.2) is 6.10 Å². The lowest BCUT2D eigenvalue weighted by atomic mass is 9.81. The minimum absolute atomic E-state index is 0.214. The van der Waals surface area contributed by atoms with Crippen LogP contribution in [0.25, 0.3) is 6.08 Å². The molecule has 0 radical (unpaired) electrons. The van der Waals surface area contributed by atoms with Gasteiger partial charge in [-0.15, -0.1) is 0 Å². The van der Waals surface area contributed by atoms with Crippen LogP contribution in [0.1, 0.15) is 51.5 Å². The number of hydrogen-bond donors (Lipinski definition) is 0. The van der Waals surface area contributed by atoms with Gasteiger partial charge in [-0.3, -0.25) is 4.79 Å². The number of esters is 1. The first kappa shape index (κ1) is 23.0. The summed E-state index contributed by atoms with van der Waals surface area (Å²) < 4.78 is 10.6. The summed E-state index contributed by atoms with van der Waals surface area (Å²) in [6.45, 7) is 3.87. The molecule has 0 N–H and O–H groups in total. The number of nitriles is 2. The molecule has 1 aliphatic rings. The highest BCUT2D eigenvalue weighted by atomic mass is 16.5. The van der Waals surface area contributed by atoms with Crippen LogP contribution in [0.15, 0.2) is 29.8 Å². The van der Waals surface area contributed by atoms with E-state index in [4.69, 9.17) is 9.47 Å². The van der Waals surface area contributed by atoms with Gasteiger partial charge in [0.2, 0.25) is 0 Å². The predicted octanol–water partition coefficient (Wildman–Crippen LogP) is 3.61. The first-order chi connectivity index (χ1) is 14.4. The van der Waals surface area contributed by atoms with Crippen LogP contribution < -0.4 is 4.74 Å². The van der Waals surface area contributed by atoms with E-state index in [2.05, 4.69) is 6.07 Å². The second-order valence-electron chi connectivity index (χ2n) is 7.32. The summed E-state index contributed by atoms with van der Waals surface area (Å²) >= 11 is 0. The third kappa shape index (κ3) is 5.39. The van der Waals surface area contributed by atoms with Crippen LogP contribution in [-0.4, -0.2) is 42.1 Å². The van der Waals surface area contributed by atoms with Crippen molar-refractivity contribution in [3.05, 3.63) is 35.4 Å². The molecule has 30 heavy (non-hydrogen) atoms. The Kier molecular flexibility index (Phi) is 8.00. The normalized spacial score (nSPS) is 16.5. The van der Waals surface area contributed by atoms with Crippen molar-refractivity contribution in [1.82, 2.24) is 4.90 Å². The van der Waals surface area contributed by atoms with Crippen molar-refractivity contribution < 1.29 is 19.1 Å². The summed E-state index contributed by atoms with van der Waals surface area (Å²) in [6, 6.07) is 11.0. The summed E-state index contributed by atoms with van der Waals surface area (Å²) in [6.07, 6.45) is 4.30. The third-order valence-corrected chi connectivity index (χ3v) is 5.34. The van der Waals surface area contributed by atoms with Gasteiger partial charge in [0.05, 0.1) is 12.7 Å². The lowest BCUT2D eigenvalue weighted by Gasteiger charge is -2.39. The molecule has 1 aromatic carbocycles. The summed E-state index contributed by atoms with van der Waals surface area (Å²) in [5.41, 5.74) is -0.450. The average Bonchev–Trinajstić information content (AvgIpc) is 2.77. The maximum atomic E-state index is 12.8. The van der Waals surface area contributed by atoms with Crippen LogP contribution in [0, 0.1) is 22.7 Å². The molecule has 7 nitrogen and oxygen atoms in total. The largest absolute Gasteiger partial charge is 0.494 e. The molecule has 0 saturated heterocycles. The molecule has 0 aliphatic heterocycles. The number of likely N-dealkylation sites (N-methyl/N-ethyl adjacent to an activating group) is 1. The summed E-state index contributed by atoms with van der Waals surface area (Å²) in [5.74, 6) is -0.646. The van der Waals surface area contributed by atoms with Gasteiger partial charge in [-0.05, 0) is 50.5 Å². The van der Waals surface area contributed by atoms with Crippen LogP contribution in [0.2, 0.25) is 0 Å². The highest BCUT2D eigenvalue weighted by Gasteiger charge is 2.40. The molecule has 1 aromatic rings. The molecule has 1 saturated carbocycles. The Morgan fingerprint density at radius 3 is 2.37 bits per heavy atom. The van der Waals surface area contributed by atoms with Crippen molar-refractivity contribution in [2.45, 2.75) is 57.6 Å². The number of rotatable bonds is 7. The monoisotopic (exact) mass is 409 g/mol. The fraction of sp³-hybridized carbons (Fsp3) is 0.478. The van der Waals surface area contributed by atoms with Gasteiger partial charge in [0.25, 0.3) is 5.91 Å². The fourth-order valence-electron chi connectivity index (χ4n) is 3.55. The molecule has 1 fully saturated rings. The standard InChI is InChI=1S/C23H27N3O4/c1-4-29-20-10-8-18(9-11-20)14-19(15-24)22(28)30-17(2)21(27)26(3)23(16-25)12-6-5-7-13-23/h8-11,14,17H,4-7,12-13H2,1-3H3/b19-14+/t17-/m1/s1. The topological polar surface area (TPSA) is 103 Å². The molecule has 1 aliphatic carbocycles. The van der Waals surface area contributed by atoms with Crippen LogP contribution in [0.5, 0.6) is 5.75 Å². The minimum atomic E-state index is -1.10. The van der Waals surface area contributed by atoms with E-state index in [1.165, 1.54) is 17.9 Å². The zero-order valence-electron chi connectivity index (χ0n) is 17.7. The zero-order chi connectivity index (χ0) is 22.1. The first-order valence-corrected chi connectivity index (χ1v) is 10.1. The van der Waals surface area contributed by atoms with Crippen LogP contribution in [0.4, 0.5) is 0 Å². The number of amides is 1. The van der Waals surface area contributed by atoms with E-state index in [1.54, 1.807) is 31.3 Å². The van der Waals surface area contributed by atoms with Gasteiger partial charge in [-0.1, -0.05) is 31.4 Å². The molecule has 158 valence electrons. The van der Waals surface area contributed by atoms with E-state index in [-0.39, 0.29) is 5.57 Å². The Morgan fingerprint density at radius 2 is 1.83 bits per heavy atom. The lowest BCUT2D eigenvalue weighted by Crippen LogP contribution is -2.53. The molecule has 1 amide bonds. The lowest BCUT2D eigenvalue weighted by molar-refractivity contribution is -0.157. The van der Waals surface area contributed by atoms with Crippen LogP contribution >= 0.6 is 0 Å². The van der Waals surface area contributed by atoms with E-state index >= 15 is 0 Å². The molecule has 0 aromatic heterocycles. The van der Waals surface area contributed by atoms with E-state index in [0.29, 0.717) is 30.8 Å². The number of nitrogens with zero attached hydrogens (tertiary/aromatic N) is 3. The van der Waals surface area contributed by atoms with Gasteiger partial charge in [0, 0.05) is 7.05 Å². The molecule has 1 atom stereocenters. The van der Waals surface area contributed by atoms with E-state index in [0.717, 1.165) is 19.3 Å². The molecular formula is C23H27N3O4. The maximum absolute atomic E-state index is 12.8. The third-order valence-electron chi connectivity index (χ3n) is 5.34. The second kappa shape index (κ2) is 10.5. The predicted molar refractivity (Wildman–Crippen MR) is 111 cm³/mol. The summed E-state index contributed by atoms with van der Waals surface area (Å²) in [4.78, 5) is 26.6. The Balaban J connectivity index is 2.07. The van der Waals surface area contributed by atoms with Crippen LogP contribution in [-0.2, 0) is 14.3 Å². The van der Waals surface area contributed by atoms with Crippen molar-refractivity contribution in [2.75, 3.05) is 13.7 Å². The first-order valence-electron chi connectivity index (χ1n) is 10.1.